The highest BCUT2D eigenvalue weighted by Gasteiger charge is 2.21. The van der Waals surface area contributed by atoms with Crippen LogP contribution in [0.25, 0.3) is 11.4 Å². The summed E-state index contributed by atoms with van der Waals surface area (Å²) < 4.78 is 10.5. The van der Waals surface area contributed by atoms with E-state index in [-0.39, 0.29) is 37.3 Å². The Kier molecular flexibility index (Phi) is 8.80. The van der Waals surface area contributed by atoms with Crippen LogP contribution in [0.4, 0.5) is 0 Å². The molecule has 2 N–H and O–H groups in total. The monoisotopic (exact) mass is 403 g/mol. The molecule has 1 aromatic carbocycles. The lowest BCUT2D eigenvalue weighted by Crippen LogP contribution is -2.49. The molecule has 0 aliphatic carbocycles. The first-order valence-electron chi connectivity index (χ1n) is 7.87. The van der Waals surface area contributed by atoms with Gasteiger partial charge in [0.15, 0.2) is 0 Å². The Morgan fingerprint density at radius 3 is 2.42 bits per heavy atom. The highest BCUT2D eigenvalue weighted by atomic mass is 35.5. The van der Waals surface area contributed by atoms with E-state index < -0.39 is 0 Å². The Bertz CT molecular complexity index is 687. The molecule has 0 radical (unpaired) electrons. The zero-order valence-corrected chi connectivity index (χ0v) is 16.1. The number of nitrogens with two attached hydrogens (primary N) is 1. The fourth-order valence-electron chi connectivity index (χ4n) is 2.65. The molecule has 0 saturated carbocycles. The number of halogens is 2. The van der Waals surface area contributed by atoms with Crippen LogP contribution in [-0.2, 0) is 11.3 Å². The molecule has 0 bridgehead atoms. The van der Waals surface area contributed by atoms with Crippen LogP contribution in [0.2, 0.25) is 0 Å². The molecular weight excluding hydrogens is 381 g/mol. The Balaban J connectivity index is 0.00000169. The van der Waals surface area contributed by atoms with Gasteiger partial charge >= 0.3 is 0 Å². The van der Waals surface area contributed by atoms with Crippen molar-refractivity contribution in [2.75, 3.05) is 39.8 Å². The number of hydrogen-bond donors (Lipinski definition) is 1. The molecule has 144 valence electrons. The second kappa shape index (κ2) is 10.3. The minimum absolute atomic E-state index is 0. The zero-order valence-electron chi connectivity index (χ0n) is 14.5. The lowest BCUT2D eigenvalue weighted by atomic mass is 10.2. The molecule has 1 amide bonds. The summed E-state index contributed by atoms with van der Waals surface area (Å²) in [6.45, 7) is 3.53. The number of piperazine rings is 1. The molecular formula is C16H23Cl2N5O3. The molecule has 2 aromatic rings. The van der Waals surface area contributed by atoms with E-state index in [1.165, 1.54) is 0 Å². The smallest absolute Gasteiger partial charge is 0.241 e. The summed E-state index contributed by atoms with van der Waals surface area (Å²) >= 11 is 0. The van der Waals surface area contributed by atoms with E-state index in [0.29, 0.717) is 31.3 Å². The van der Waals surface area contributed by atoms with Gasteiger partial charge in [0.1, 0.15) is 5.75 Å². The van der Waals surface area contributed by atoms with E-state index in [1.807, 2.05) is 24.3 Å². The first-order valence-corrected chi connectivity index (χ1v) is 7.87. The van der Waals surface area contributed by atoms with Crippen molar-refractivity contribution in [1.29, 1.82) is 0 Å². The van der Waals surface area contributed by atoms with Gasteiger partial charge in [-0.05, 0) is 24.3 Å². The summed E-state index contributed by atoms with van der Waals surface area (Å²) in [7, 11) is 1.63. The average molecular weight is 404 g/mol. The van der Waals surface area contributed by atoms with Crippen molar-refractivity contribution in [3.05, 3.63) is 30.2 Å². The maximum atomic E-state index is 11.6. The number of ether oxygens (including phenoxy) is 1. The van der Waals surface area contributed by atoms with Crippen LogP contribution < -0.4 is 10.5 Å². The van der Waals surface area contributed by atoms with Gasteiger partial charge in [0.05, 0.1) is 20.2 Å². The minimum atomic E-state index is -0.00534. The van der Waals surface area contributed by atoms with E-state index in [0.717, 1.165) is 24.4 Å². The maximum absolute atomic E-state index is 11.6. The van der Waals surface area contributed by atoms with Crippen LogP contribution in [0.1, 0.15) is 5.89 Å². The molecule has 1 aliphatic rings. The fraction of sp³-hybridized carbons (Fsp3) is 0.438. The van der Waals surface area contributed by atoms with E-state index >= 15 is 0 Å². The summed E-state index contributed by atoms with van der Waals surface area (Å²) in [6.07, 6.45) is 0. The average Bonchev–Trinajstić information content (AvgIpc) is 3.10. The van der Waals surface area contributed by atoms with Crippen LogP contribution in [-0.4, -0.2) is 65.7 Å². The maximum Gasteiger partial charge on any atom is 0.241 e. The summed E-state index contributed by atoms with van der Waals surface area (Å²) in [6, 6.07) is 7.51. The van der Waals surface area contributed by atoms with Crippen LogP contribution in [0.15, 0.2) is 28.8 Å². The molecule has 0 atom stereocenters. The van der Waals surface area contributed by atoms with E-state index in [4.69, 9.17) is 15.0 Å². The number of hydrogen-bond acceptors (Lipinski definition) is 7. The fourth-order valence-corrected chi connectivity index (χ4v) is 2.65. The largest absolute Gasteiger partial charge is 0.497 e. The highest BCUT2D eigenvalue weighted by molar-refractivity contribution is 5.85. The van der Waals surface area contributed by atoms with Gasteiger partial charge in [-0.15, -0.1) is 24.8 Å². The number of carbonyl (C=O) groups excluding carboxylic acids is 1. The van der Waals surface area contributed by atoms with Gasteiger partial charge in [-0.1, -0.05) is 5.16 Å². The summed E-state index contributed by atoms with van der Waals surface area (Å²) in [5.74, 6) is 1.91. The third-order valence-corrected chi connectivity index (χ3v) is 4.07. The molecule has 26 heavy (non-hydrogen) atoms. The Morgan fingerprint density at radius 2 is 1.85 bits per heavy atom. The molecule has 10 heteroatoms. The van der Waals surface area contributed by atoms with Gasteiger partial charge in [0.25, 0.3) is 0 Å². The van der Waals surface area contributed by atoms with Crippen LogP contribution >= 0.6 is 24.8 Å². The number of amides is 1. The number of carbonyl (C=O) groups is 1. The van der Waals surface area contributed by atoms with Gasteiger partial charge in [-0.2, -0.15) is 4.98 Å². The number of aromatic nitrogens is 2. The topological polar surface area (TPSA) is 97.7 Å². The lowest BCUT2D eigenvalue weighted by Gasteiger charge is -2.33. The zero-order chi connectivity index (χ0) is 16.9. The van der Waals surface area contributed by atoms with Gasteiger partial charge < -0.3 is 19.9 Å². The molecule has 3 rings (SSSR count). The Morgan fingerprint density at radius 1 is 1.19 bits per heavy atom. The Labute approximate surface area is 164 Å². The number of rotatable bonds is 5. The summed E-state index contributed by atoms with van der Waals surface area (Å²) in [4.78, 5) is 20.0. The van der Waals surface area contributed by atoms with E-state index in [2.05, 4.69) is 15.0 Å². The van der Waals surface area contributed by atoms with Crippen molar-refractivity contribution in [2.45, 2.75) is 6.54 Å². The molecule has 1 aliphatic heterocycles. The highest BCUT2D eigenvalue weighted by Crippen LogP contribution is 2.20. The molecule has 0 spiro atoms. The number of nitrogens with zero attached hydrogens (tertiary/aromatic N) is 4. The first kappa shape index (κ1) is 22.2. The summed E-state index contributed by atoms with van der Waals surface area (Å²) in [5.41, 5.74) is 6.27. The molecule has 0 unspecified atom stereocenters. The van der Waals surface area contributed by atoms with Gasteiger partial charge in [-0.25, -0.2) is 0 Å². The predicted octanol–water partition coefficient (Wildman–Crippen LogP) is 1.19. The van der Waals surface area contributed by atoms with Crippen LogP contribution in [0, 0.1) is 0 Å². The quantitative estimate of drug-likeness (QED) is 0.800. The molecule has 1 fully saturated rings. The summed E-state index contributed by atoms with van der Waals surface area (Å²) in [5, 5.41) is 4.03. The first-order chi connectivity index (χ1) is 11.7. The van der Waals surface area contributed by atoms with Crippen LogP contribution in [0.5, 0.6) is 5.75 Å². The molecule has 2 heterocycles. The SMILES string of the molecule is COc1ccc(-c2noc(CN3CCN(C(=O)CN)CC3)n2)cc1.Cl.Cl. The number of methoxy groups -OCH3 is 1. The molecule has 1 aromatic heterocycles. The normalized spacial score (nSPS) is 14.3. The van der Waals surface area contributed by atoms with Crippen molar-refractivity contribution in [2.24, 2.45) is 5.73 Å². The predicted molar refractivity (Wildman–Crippen MR) is 102 cm³/mol. The van der Waals surface area contributed by atoms with E-state index in [9.17, 15) is 4.79 Å². The van der Waals surface area contributed by atoms with Crippen molar-refractivity contribution < 1.29 is 14.1 Å². The number of benzene rings is 1. The van der Waals surface area contributed by atoms with Crippen molar-refractivity contribution in [1.82, 2.24) is 19.9 Å². The third-order valence-electron chi connectivity index (χ3n) is 4.07. The molecule has 8 nitrogen and oxygen atoms in total. The van der Waals surface area contributed by atoms with Gasteiger partial charge in [0.2, 0.25) is 17.6 Å². The third kappa shape index (κ3) is 5.31. The second-order valence-corrected chi connectivity index (χ2v) is 5.60. The Hall–Kier alpha value is -1.87. The van der Waals surface area contributed by atoms with Crippen molar-refractivity contribution >= 4 is 30.7 Å². The van der Waals surface area contributed by atoms with Gasteiger partial charge in [-0.3, -0.25) is 9.69 Å². The van der Waals surface area contributed by atoms with Crippen molar-refractivity contribution in [3.63, 3.8) is 0 Å². The minimum Gasteiger partial charge on any atom is -0.497 e. The molecule has 1 saturated heterocycles. The standard InChI is InChI=1S/C16H21N5O3.2ClH/c1-23-13-4-2-12(3-5-13)16-18-14(24-19-16)11-20-6-8-21(9-7-20)15(22)10-17;;/h2-5H,6-11,17H2,1H3;2*1H. The second-order valence-electron chi connectivity index (χ2n) is 5.60. The van der Waals surface area contributed by atoms with Crippen molar-refractivity contribution in [3.8, 4) is 17.1 Å². The van der Waals surface area contributed by atoms with E-state index in [1.54, 1.807) is 12.0 Å². The van der Waals surface area contributed by atoms with Gasteiger partial charge in [0, 0.05) is 31.7 Å². The van der Waals surface area contributed by atoms with Crippen LogP contribution in [0.3, 0.4) is 0 Å². The lowest BCUT2D eigenvalue weighted by molar-refractivity contribution is -0.131.